The van der Waals surface area contributed by atoms with E-state index < -0.39 is 0 Å². The molecule has 4 rings (SSSR count). The highest BCUT2D eigenvalue weighted by Crippen LogP contribution is 2.34. The van der Waals surface area contributed by atoms with E-state index in [1.165, 1.54) is 19.3 Å². The monoisotopic (exact) mass is 308 g/mol. The van der Waals surface area contributed by atoms with Crippen LogP contribution in [0.3, 0.4) is 0 Å². The average Bonchev–Trinajstić information content (AvgIpc) is 3.17. The fourth-order valence-corrected chi connectivity index (χ4v) is 3.56. The normalized spacial score (nSPS) is 18.2. The van der Waals surface area contributed by atoms with E-state index in [1.54, 1.807) is 12.4 Å². The number of aromatic nitrogens is 3. The SMILES string of the molecule is Cn1c(C2CCCCC2)nc(C=c2ccnc3c2=CC=N3)c1O. The van der Waals surface area contributed by atoms with Crippen LogP contribution in [0.2, 0.25) is 0 Å². The van der Waals surface area contributed by atoms with E-state index in [0.717, 1.165) is 34.9 Å². The van der Waals surface area contributed by atoms with Crippen LogP contribution in [-0.4, -0.2) is 25.9 Å². The summed E-state index contributed by atoms with van der Waals surface area (Å²) in [6.45, 7) is 0. The number of pyridine rings is 1. The van der Waals surface area contributed by atoms with Gasteiger partial charge in [-0.25, -0.2) is 15.0 Å². The summed E-state index contributed by atoms with van der Waals surface area (Å²) < 4.78 is 1.84. The number of rotatable bonds is 2. The molecule has 0 aromatic carbocycles. The number of fused-ring (bicyclic) bond motifs is 1. The van der Waals surface area contributed by atoms with Gasteiger partial charge in [0, 0.05) is 30.6 Å². The van der Waals surface area contributed by atoms with Crippen molar-refractivity contribution in [3.63, 3.8) is 0 Å². The van der Waals surface area contributed by atoms with Crippen LogP contribution in [0.5, 0.6) is 5.88 Å². The van der Waals surface area contributed by atoms with Gasteiger partial charge in [-0.2, -0.15) is 0 Å². The van der Waals surface area contributed by atoms with E-state index in [1.807, 2.05) is 29.8 Å². The first-order chi connectivity index (χ1) is 11.2. The van der Waals surface area contributed by atoms with Crippen molar-refractivity contribution in [1.29, 1.82) is 0 Å². The molecule has 2 aromatic rings. The fraction of sp³-hybridized carbons (Fsp3) is 0.389. The molecule has 0 radical (unpaired) electrons. The molecule has 1 saturated carbocycles. The third-order valence-corrected chi connectivity index (χ3v) is 4.83. The van der Waals surface area contributed by atoms with E-state index in [2.05, 4.69) is 9.98 Å². The number of nitrogens with zero attached hydrogens (tertiary/aromatic N) is 4. The zero-order valence-corrected chi connectivity index (χ0v) is 13.2. The Morgan fingerprint density at radius 2 is 2.09 bits per heavy atom. The van der Waals surface area contributed by atoms with Gasteiger partial charge in [-0.3, -0.25) is 0 Å². The third kappa shape index (κ3) is 2.46. The standard InChI is InChI=1S/C18H20N4O/c1-22-17(12-5-3-2-4-6-12)21-15(18(22)23)11-13-7-9-19-16-14(13)8-10-20-16/h7-12,23H,2-6H2,1H3. The average molecular weight is 308 g/mol. The van der Waals surface area contributed by atoms with Gasteiger partial charge in [0.05, 0.1) is 0 Å². The summed E-state index contributed by atoms with van der Waals surface area (Å²) in [5.41, 5.74) is 0.627. The first-order valence-corrected chi connectivity index (χ1v) is 8.21. The van der Waals surface area contributed by atoms with Crippen molar-refractivity contribution >= 4 is 24.2 Å². The van der Waals surface area contributed by atoms with E-state index in [0.29, 0.717) is 11.6 Å². The van der Waals surface area contributed by atoms with Crippen LogP contribution in [0.25, 0.3) is 12.2 Å². The van der Waals surface area contributed by atoms with Gasteiger partial charge in [0.1, 0.15) is 11.5 Å². The molecule has 0 saturated heterocycles. The molecule has 2 aromatic heterocycles. The van der Waals surface area contributed by atoms with Crippen molar-refractivity contribution < 1.29 is 5.11 Å². The lowest BCUT2D eigenvalue weighted by Crippen LogP contribution is -2.24. The summed E-state index contributed by atoms with van der Waals surface area (Å²) in [5.74, 6) is 2.41. The highest BCUT2D eigenvalue weighted by atomic mass is 16.3. The summed E-state index contributed by atoms with van der Waals surface area (Å²) >= 11 is 0. The quantitative estimate of drug-likeness (QED) is 0.921. The Morgan fingerprint density at radius 3 is 2.91 bits per heavy atom. The topological polar surface area (TPSA) is 63.3 Å². The van der Waals surface area contributed by atoms with Gasteiger partial charge in [-0.05, 0) is 36.3 Å². The van der Waals surface area contributed by atoms with E-state index >= 15 is 0 Å². The minimum Gasteiger partial charge on any atom is -0.493 e. The molecule has 0 unspecified atom stereocenters. The lowest BCUT2D eigenvalue weighted by molar-refractivity contribution is 0.397. The molecule has 23 heavy (non-hydrogen) atoms. The van der Waals surface area contributed by atoms with Crippen LogP contribution in [0.15, 0.2) is 17.3 Å². The second-order valence-electron chi connectivity index (χ2n) is 6.30. The van der Waals surface area contributed by atoms with Gasteiger partial charge in [-0.1, -0.05) is 19.3 Å². The molecule has 2 aliphatic rings. The van der Waals surface area contributed by atoms with Gasteiger partial charge in [0.2, 0.25) is 5.88 Å². The van der Waals surface area contributed by atoms with E-state index in [-0.39, 0.29) is 5.88 Å². The van der Waals surface area contributed by atoms with Gasteiger partial charge in [0.15, 0.2) is 5.82 Å². The Morgan fingerprint density at radius 1 is 1.26 bits per heavy atom. The second-order valence-corrected chi connectivity index (χ2v) is 6.30. The molecule has 1 aliphatic heterocycles. The van der Waals surface area contributed by atoms with Crippen molar-refractivity contribution in [1.82, 2.24) is 14.5 Å². The summed E-state index contributed by atoms with van der Waals surface area (Å²) in [6.07, 6.45) is 13.5. The largest absolute Gasteiger partial charge is 0.493 e. The lowest BCUT2D eigenvalue weighted by Gasteiger charge is -2.20. The predicted octanol–water partition coefficient (Wildman–Crippen LogP) is 1.89. The van der Waals surface area contributed by atoms with Crippen LogP contribution in [0.4, 0.5) is 5.82 Å². The number of aromatic hydroxyl groups is 1. The van der Waals surface area contributed by atoms with Gasteiger partial charge >= 0.3 is 0 Å². The molecule has 0 atom stereocenters. The smallest absolute Gasteiger partial charge is 0.218 e. The summed E-state index contributed by atoms with van der Waals surface area (Å²) in [6, 6.07) is 1.93. The molecule has 118 valence electrons. The first kappa shape index (κ1) is 14.2. The van der Waals surface area contributed by atoms with Crippen LogP contribution in [0.1, 0.15) is 49.5 Å². The highest BCUT2D eigenvalue weighted by molar-refractivity contribution is 5.96. The summed E-state index contributed by atoms with van der Waals surface area (Å²) in [4.78, 5) is 13.2. The summed E-state index contributed by atoms with van der Waals surface area (Å²) in [7, 11) is 1.90. The second kappa shape index (κ2) is 5.65. The van der Waals surface area contributed by atoms with E-state index in [4.69, 9.17) is 4.98 Å². The van der Waals surface area contributed by atoms with Crippen molar-refractivity contribution in [3.8, 4) is 5.88 Å². The molecular weight excluding hydrogens is 288 g/mol. The molecule has 0 bridgehead atoms. The first-order valence-electron chi connectivity index (χ1n) is 8.21. The van der Waals surface area contributed by atoms with Crippen LogP contribution in [0, 0.1) is 0 Å². The Labute approximate surface area is 134 Å². The molecule has 5 heteroatoms. The van der Waals surface area contributed by atoms with Crippen LogP contribution in [-0.2, 0) is 7.05 Å². The predicted molar refractivity (Wildman–Crippen MR) is 90.4 cm³/mol. The number of hydrogen-bond donors (Lipinski definition) is 1. The third-order valence-electron chi connectivity index (χ3n) is 4.83. The van der Waals surface area contributed by atoms with Crippen molar-refractivity contribution in [3.05, 3.63) is 34.2 Å². The van der Waals surface area contributed by atoms with Gasteiger partial charge in [-0.15, -0.1) is 0 Å². The maximum absolute atomic E-state index is 10.5. The lowest BCUT2D eigenvalue weighted by atomic mass is 9.89. The van der Waals surface area contributed by atoms with Crippen molar-refractivity contribution in [2.24, 2.45) is 12.0 Å². The minimum absolute atomic E-state index is 0.232. The molecule has 0 spiro atoms. The zero-order chi connectivity index (χ0) is 15.8. The van der Waals surface area contributed by atoms with Crippen LogP contribution < -0.4 is 10.4 Å². The Kier molecular flexibility index (Phi) is 3.48. The maximum Gasteiger partial charge on any atom is 0.218 e. The van der Waals surface area contributed by atoms with Crippen molar-refractivity contribution in [2.45, 2.75) is 38.0 Å². The molecule has 0 amide bonds. The number of hydrogen-bond acceptors (Lipinski definition) is 4. The van der Waals surface area contributed by atoms with Crippen LogP contribution >= 0.6 is 0 Å². The Balaban J connectivity index is 1.79. The molecule has 1 aliphatic carbocycles. The Hall–Kier alpha value is -2.43. The molecule has 1 N–H and O–H groups in total. The molecule has 3 heterocycles. The fourth-order valence-electron chi connectivity index (χ4n) is 3.56. The summed E-state index contributed by atoms with van der Waals surface area (Å²) in [5, 5.41) is 12.4. The number of aliphatic imine (C=N–C) groups is 1. The molecule has 5 nitrogen and oxygen atoms in total. The molecular formula is C18H20N4O. The molecule has 1 fully saturated rings. The number of imidazole rings is 1. The Bertz CT molecular complexity index is 888. The van der Waals surface area contributed by atoms with E-state index in [9.17, 15) is 5.11 Å². The van der Waals surface area contributed by atoms with Gasteiger partial charge in [0.25, 0.3) is 0 Å². The zero-order valence-electron chi connectivity index (χ0n) is 13.2. The minimum atomic E-state index is 0.232. The van der Waals surface area contributed by atoms with Crippen molar-refractivity contribution in [2.75, 3.05) is 0 Å². The van der Waals surface area contributed by atoms with Gasteiger partial charge < -0.3 is 9.67 Å². The highest BCUT2D eigenvalue weighted by Gasteiger charge is 2.22. The maximum atomic E-state index is 10.5.